The summed E-state index contributed by atoms with van der Waals surface area (Å²) < 4.78 is 11.0. The number of methoxy groups -OCH3 is 1. The molecular weight excluding hydrogens is 288 g/mol. The van der Waals surface area contributed by atoms with E-state index in [1.807, 2.05) is 36.4 Å². The molecular formula is C16H15ClN2O2. The van der Waals surface area contributed by atoms with E-state index in [0.29, 0.717) is 10.8 Å². The zero-order valence-corrected chi connectivity index (χ0v) is 12.2. The van der Waals surface area contributed by atoms with Gasteiger partial charge in [0.15, 0.2) is 0 Å². The number of nitrogens with two attached hydrogens (primary N) is 1. The van der Waals surface area contributed by atoms with E-state index in [2.05, 4.69) is 5.43 Å². The monoisotopic (exact) mass is 302 g/mol. The molecule has 1 unspecified atom stereocenters. The minimum atomic E-state index is -0.276. The van der Waals surface area contributed by atoms with Gasteiger partial charge in [-0.3, -0.25) is 5.84 Å². The lowest BCUT2D eigenvalue weighted by atomic mass is 9.98. The highest BCUT2D eigenvalue weighted by atomic mass is 35.5. The zero-order chi connectivity index (χ0) is 14.8. The first kappa shape index (κ1) is 13.9. The molecule has 0 amide bonds. The van der Waals surface area contributed by atoms with Gasteiger partial charge in [0.25, 0.3) is 0 Å². The lowest BCUT2D eigenvalue weighted by molar-refractivity contribution is 0.404. The van der Waals surface area contributed by atoms with E-state index < -0.39 is 0 Å². The summed E-state index contributed by atoms with van der Waals surface area (Å²) in [6, 6.07) is 13.0. The molecule has 0 aliphatic rings. The van der Waals surface area contributed by atoms with Crippen molar-refractivity contribution in [2.45, 2.75) is 6.04 Å². The number of para-hydroxylation sites is 1. The molecule has 1 atom stereocenters. The summed E-state index contributed by atoms with van der Waals surface area (Å²) in [5.74, 6) is 6.49. The number of fused-ring (bicyclic) bond motifs is 1. The van der Waals surface area contributed by atoms with Crippen molar-refractivity contribution in [2.24, 2.45) is 5.84 Å². The Balaban J connectivity index is 2.16. The Bertz CT molecular complexity index is 770. The molecule has 0 saturated heterocycles. The second kappa shape index (κ2) is 5.77. The lowest BCUT2D eigenvalue weighted by Crippen LogP contribution is -2.29. The molecule has 3 rings (SSSR count). The molecule has 1 heterocycles. The predicted octanol–water partition coefficient (Wildman–Crippen LogP) is 3.65. The minimum Gasteiger partial charge on any atom is -0.496 e. The van der Waals surface area contributed by atoms with E-state index in [1.54, 1.807) is 19.4 Å². The van der Waals surface area contributed by atoms with Crippen LogP contribution in [-0.2, 0) is 0 Å². The van der Waals surface area contributed by atoms with Gasteiger partial charge in [-0.2, -0.15) is 0 Å². The summed E-state index contributed by atoms with van der Waals surface area (Å²) in [4.78, 5) is 0. The van der Waals surface area contributed by atoms with Crippen molar-refractivity contribution in [3.63, 3.8) is 0 Å². The van der Waals surface area contributed by atoms with Crippen LogP contribution in [0.25, 0.3) is 11.0 Å². The van der Waals surface area contributed by atoms with Crippen molar-refractivity contribution in [3.05, 3.63) is 64.9 Å². The summed E-state index contributed by atoms with van der Waals surface area (Å²) in [6.45, 7) is 0. The number of benzene rings is 2. The maximum Gasteiger partial charge on any atom is 0.134 e. The SMILES string of the molecule is COc1ccc(Cl)cc1C(NN)c1coc2ccccc12. The van der Waals surface area contributed by atoms with Crippen LogP contribution in [0.1, 0.15) is 17.2 Å². The van der Waals surface area contributed by atoms with Crippen LogP contribution in [0.5, 0.6) is 5.75 Å². The van der Waals surface area contributed by atoms with Crippen LogP contribution >= 0.6 is 11.6 Å². The van der Waals surface area contributed by atoms with Crippen LogP contribution < -0.4 is 16.0 Å². The second-order valence-electron chi connectivity index (χ2n) is 4.67. The standard InChI is InChI=1S/C16H15ClN2O2/c1-20-14-7-6-10(17)8-12(14)16(19-18)13-9-21-15-5-3-2-4-11(13)15/h2-9,16,19H,18H2,1H3. The number of ether oxygens (including phenoxy) is 1. The van der Waals surface area contributed by atoms with Crippen molar-refractivity contribution in [1.29, 1.82) is 0 Å². The average Bonchev–Trinajstić information content (AvgIpc) is 2.93. The number of halogens is 1. The van der Waals surface area contributed by atoms with Crippen molar-refractivity contribution >= 4 is 22.6 Å². The van der Waals surface area contributed by atoms with Gasteiger partial charge in [-0.25, -0.2) is 5.43 Å². The lowest BCUT2D eigenvalue weighted by Gasteiger charge is -2.18. The normalized spacial score (nSPS) is 12.5. The Morgan fingerprint density at radius 2 is 2.00 bits per heavy atom. The van der Waals surface area contributed by atoms with E-state index in [-0.39, 0.29) is 6.04 Å². The quantitative estimate of drug-likeness (QED) is 0.570. The van der Waals surface area contributed by atoms with Crippen LogP contribution in [0.2, 0.25) is 5.02 Å². The summed E-state index contributed by atoms with van der Waals surface area (Å²) in [5, 5.41) is 1.63. The average molecular weight is 303 g/mol. The molecule has 0 aliphatic heterocycles. The highest BCUT2D eigenvalue weighted by Gasteiger charge is 2.21. The number of furan rings is 1. The third kappa shape index (κ3) is 2.49. The Morgan fingerprint density at radius 1 is 1.19 bits per heavy atom. The van der Waals surface area contributed by atoms with Crippen molar-refractivity contribution in [1.82, 2.24) is 5.43 Å². The van der Waals surface area contributed by atoms with Crippen molar-refractivity contribution in [3.8, 4) is 5.75 Å². The summed E-state index contributed by atoms with van der Waals surface area (Å²) >= 11 is 6.11. The molecule has 5 heteroatoms. The van der Waals surface area contributed by atoms with Crippen LogP contribution in [-0.4, -0.2) is 7.11 Å². The highest BCUT2D eigenvalue weighted by Crippen LogP contribution is 2.35. The number of nitrogens with one attached hydrogen (secondary N) is 1. The molecule has 0 bridgehead atoms. The first-order valence-electron chi connectivity index (χ1n) is 6.50. The maximum absolute atomic E-state index is 6.11. The molecule has 0 aliphatic carbocycles. The molecule has 2 aromatic carbocycles. The molecule has 108 valence electrons. The van der Waals surface area contributed by atoms with Gasteiger partial charge < -0.3 is 9.15 Å². The van der Waals surface area contributed by atoms with Crippen LogP contribution in [0.3, 0.4) is 0 Å². The summed E-state index contributed by atoms with van der Waals surface area (Å²) in [5.41, 5.74) is 5.43. The topological polar surface area (TPSA) is 60.4 Å². The molecule has 0 spiro atoms. The maximum atomic E-state index is 6.11. The zero-order valence-electron chi connectivity index (χ0n) is 11.5. The van der Waals surface area contributed by atoms with E-state index in [9.17, 15) is 0 Å². The van der Waals surface area contributed by atoms with Gasteiger partial charge in [0.1, 0.15) is 11.3 Å². The van der Waals surface area contributed by atoms with Crippen LogP contribution in [0.15, 0.2) is 53.1 Å². The Labute approximate surface area is 127 Å². The summed E-state index contributed by atoms with van der Waals surface area (Å²) in [7, 11) is 1.62. The number of hydrogen-bond donors (Lipinski definition) is 2. The fourth-order valence-electron chi connectivity index (χ4n) is 2.50. The van der Waals surface area contributed by atoms with Crippen LogP contribution in [0.4, 0.5) is 0 Å². The first-order valence-corrected chi connectivity index (χ1v) is 6.88. The molecule has 4 nitrogen and oxygen atoms in total. The first-order chi connectivity index (χ1) is 10.2. The fraction of sp³-hybridized carbons (Fsp3) is 0.125. The Morgan fingerprint density at radius 3 is 2.76 bits per heavy atom. The van der Waals surface area contributed by atoms with Gasteiger partial charge in [0.2, 0.25) is 0 Å². The van der Waals surface area contributed by atoms with Gasteiger partial charge in [0.05, 0.1) is 19.4 Å². The third-order valence-electron chi connectivity index (χ3n) is 3.49. The fourth-order valence-corrected chi connectivity index (χ4v) is 2.68. The van der Waals surface area contributed by atoms with Gasteiger partial charge in [-0.15, -0.1) is 0 Å². The molecule has 1 aromatic heterocycles. The predicted molar refractivity (Wildman–Crippen MR) is 83.4 cm³/mol. The second-order valence-corrected chi connectivity index (χ2v) is 5.11. The van der Waals surface area contributed by atoms with Gasteiger partial charge in [0, 0.05) is 21.5 Å². The van der Waals surface area contributed by atoms with E-state index >= 15 is 0 Å². The van der Waals surface area contributed by atoms with Crippen LogP contribution in [0, 0.1) is 0 Å². The number of hydrogen-bond acceptors (Lipinski definition) is 4. The van der Waals surface area contributed by atoms with Gasteiger partial charge in [-0.1, -0.05) is 29.8 Å². The van der Waals surface area contributed by atoms with Crippen molar-refractivity contribution < 1.29 is 9.15 Å². The Hall–Kier alpha value is -2.01. The number of rotatable bonds is 4. The highest BCUT2D eigenvalue weighted by molar-refractivity contribution is 6.30. The Kier molecular flexibility index (Phi) is 3.84. The molecule has 0 fully saturated rings. The summed E-state index contributed by atoms with van der Waals surface area (Å²) in [6.07, 6.45) is 1.70. The third-order valence-corrected chi connectivity index (χ3v) is 3.73. The molecule has 0 radical (unpaired) electrons. The molecule has 3 aromatic rings. The smallest absolute Gasteiger partial charge is 0.134 e. The van der Waals surface area contributed by atoms with E-state index in [0.717, 1.165) is 22.1 Å². The molecule has 21 heavy (non-hydrogen) atoms. The van der Waals surface area contributed by atoms with E-state index in [4.69, 9.17) is 26.6 Å². The van der Waals surface area contributed by atoms with Gasteiger partial charge >= 0.3 is 0 Å². The minimum absolute atomic E-state index is 0.276. The van der Waals surface area contributed by atoms with Crippen molar-refractivity contribution in [2.75, 3.05) is 7.11 Å². The molecule has 0 saturated carbocycles. The van der Waals surface area contributed by atoms with Gasteiger partial charge in [-0.05, 0) is 24.3 Å². The largest absolute Gasteiger partial charge is 0.496 e. The molecule has 3 N–H and O–H groups in total. The number of hydrazine groups is 1. The van der Waals surface area contributed by atoms with E-state index in [1.165, 1.54) is 0 Å².